The van der Waals surface area contributed by atoms with Crippen molar-refractivity contribution in [2.45, 2.75) is 27.2 Å². The van der Waals surface area contributed by atoms with Gasteiger partial charge in [0.05, 0.1) is 5.69 Å². The summed E-state index contributed by atoms with van der Waals surface area (Å²) in [5.41, 5.74) is 3.91. The van der Waals surface area contributed by atoms with Crippen molar-refractivity contribution in [3.63, 3.8) is 0 Å². The quantitative estimate of drug-likeness (QED) is 0.548. The van der Waals surface area contributed by atoms with Gasteiger partial charge >= 0.3 is 6.03 Å². The van der Waals surface area contributed by atoms with E-state index in [-0.39, 0.29) is 6.03 Å². The van der Waals surface area contributed by atoms with Crippen LogP contribution in [0.4, 0.5) is 16.3 Å². The minimum Gasteiger partial charge on any atom is -0.367 e. The lowest BCUT2D eigenvalue weighted by Gasteiger charge is -2.10. The van der Waals surface area contributed by atoms with Crippen molar-refractivity contribution in [3.05, 3.63) is 59.4 Å². The Morgan fingerprint density at radius 1 is 1.07 bits per heavy atom. The van der Waals surface area contributed by atoms with Crippen LogP contribution in [0.3, 0.4) is 0 Å². The van der Waals surface area contributed by atoms with Gasteiger partial charge in [0, 0.05) is 24.5 Å². The van der Waals surface area contributed by atoms with Gasteiger partial charge in [0.1, 0.15) is 5.82 Å². The zero-order valence-electron chi connectivity index (χ0n) is 16.4. The average molecular weight is 379 g/mol. The molecule has 0 fully saturated rings. The third-order valence-electron chi connectivity index (χ3n) is 4.19. The number of urea groups is 1. The number of nitrogens with zero attached hydrogens (tertiary/aromatic N) is 4. The number of aryl methyl sites for hydroxylation is 3. The molecule has 2 aromatic heterocycles. The highest BCUT2D eigenvalue weighted by Crippen LogP contribution is 2.11. The molecule has 0 saturated heterocycles. The minimum absolute atomic E-state index is 0.235. The van der Waals surface area contributed by atoms with E-state index in [1.54, 1.807) is 4.68 Å². The Morgan fingerprint density at radius 3 is 2.61 bits per heavy atom. The highest BCUT2D eigenvalue weighted by molar-refractivity contribution is 5.89. The van der Waals surface area contributed by atoms with E-state index >= 15 is 0 Å². The summed E-state index contributed by atoms with van der Waals surface area (Å²) >= 11 is 0. The Hall–Kier alpha value is -3.42. The number of hydrogen-bond donors (Lipinski definition) is 3. The first-order valence-corrected chi connectivity index (χ1v) is 9.30. The molecule has 0 aliphatic heterocycles. The number of amides is 2. The Morgan fingerprint density at radius 2 is 1.93 bits per heavy atom. The van der Waals surface area contributed by atoms with Gasteiger partial charge in [0.25, 0.3) is 0 Å². The summed E-state index contributed by atoms with van der Waals surface area (Å²) in [5.74, 6) is 1.31. The van der Waals surface area contributed by atoms with Gasteiger partial charge in [0.2, 0.25) is 0 Å². The first-order chi connectivity index (χ1) is 13.5. The number of carbonyl (C=O) groups is 1. The summed E-state index contributed by atoms with van der Waals surface area (Å²) in [5, 5.41) is 21.5. The van der Waals surface area contributed by atoms with Crippen molar-refractivity contribution < 1.29 is 4.79 Å². The van der Waals surface area contributed by atoms with Crippen LogP contribution in [0.2, 0.25) is 0 Å². The summed E-state index contributed by atoms with van der Waals surface area (Å²) in [6, 6.07) is 13.3. The van der Waals surface area contributed by atoms with E-state index in [4.69, 9.17) is 0 Å². The largest absolute Gasteiger partial charge is 0.367 e. The van der Waals surface area contributed by atoms with Crippen molar-refractivity contribution in [1.29, 1.82) is 0 Å². The number of aromatic nitrogens is 4. The Labute approximate surface area is 164 Å². The van der Waals surface area contributed by atoms with Gasteiger partial charge in [-0.2, -0.15) is 5.10 Å². The second-order valence-electron chi connectivity index (χ2n) is 6.48. The molecule has 0 saturated carbocycles. The molecule has 0 aliphatic rings. The predicted octanol–water partition coefficient (Wildman–Crippen LogP) is 3.08. The molecule has 3 aromatic rings. The van der Waals surface area contributed by atoms with Gasteiger partial charge in [-0.25, -0.2) is 9.48 Å². The number of anilines is 2. The van der Waals surface area contributed by atoms with Crippen LogP contribution in [0.15, 0.2) is 42.5 Å². The third kappa shape index (κ3) is 5.06. The molecule has 0 bridgehead atoms. The fourth-order valence-electron chi connectivity index (χ4n) is 2.80. The Balaban J connectivity index is 1.43. The molecule has 8 heteroatoms. The van der Waals surface area contributed by atoms with Crippen molar-refractivity contribution in [3.8, 4) is 5.82 Å². The van der Waals surface area contributed by atoms with Crippen LogP contribution < -0.4 is 16.0 Å². The first-order valence-electron chi connectivity index (χ1n) is 9.30. The third-order valence-corrected chi connectivity index (χ3v) is 4.19. The SMILES string of the molecule is CCc1cccc(NC(=O)NCCNc2ccc(-n3nc(C)cc3C)nn2)c1. The summed E-state index contributed by atoms with van der Waals surface area (Å²) in [6.07, 6.45) is 0.931. The normalized spacial score (nSPS) is 10.5. The predicted molar refractivity (Wildman–Crippen MR) is 110 cm³/mol. The van der Waals surface area contributed by atoms with Gasteiger partial charge < -0.3 is 16.0 Å². The average Bonchev–Trinajstić information content (AvgIpc) is 3.04. The molecular weight excluding hydrogens is 354 g/mol. The van der Waals surface area contributed by atoms with Crippen LogP contribution in [0.1, 0.15) is 23.9 Å². The van der Waals surface area contributed by atoms with Crippen molar-refractivity contribution in [1.82, 2.24) is 25.3 Å². The van der Waals surface area contributed by atoms with Gasteiger partial charge in [-0.3, -0.25) is 0 Å². The second kappa shape index (κ2) is 8.98. The summed E-state index contributed by atoms with van der Waals surface area (Å²) in [4.78, 5) is 12.0. The van der Waals surface area contributed by atoms with Crippen molar-refractivity contribution in [2.75, 3.05) is 23.7 Å². The monoisotopic (exact) mass is 379 g/mol. The molecular formula is C20H25N7O. The highest BCUT2D eigenvalue weighted by Gasteiger charge is 2.06. The summed E-state index contributed by atoms with van der Waals surface area (Å²) < 4.78 is 1.76. The zero-order valence-corrected chi connectivity index (χ0v) is 16.4. The molecule has 0 spiro atoms. The standard InChI is InChI=1S/C20H25N7O/c1-4-16-6-5-7-17(13-16)23-20(28)22-11-10-21-18-8-9-19(25-24-18)27-15(3)12-14(2)26-27/h5-9,12-13H,4,10-11H2,1-3H3,(H,21,24)(H2,22,23,28). The lowest BCUT2D eigenvalue weighted by Crippen LogP contribution is -2.32. The van der Waals surface area contributed by atoms with Crippen LogP contribution in [-0.4, -0.2) is 39.1 Å². The zero-order chi connectivity index (χ0) is 19.9. The molecule has 28 heavy (non-hydrogen) atoms. The molecule has 0 unspecified atom stereocenters. The maximum atomic E-state index is 12.0. The summed E-state index contributed by atoms with van der Waals surface area (Å²) in [6.45, 7) is 6.99. The number of nitrogens with one attached hydrogen (secondary N) is 3. The van der Waals surface area contributed by atoms with E-state index in [1.165, 1.54) is 5.56 Å². The van der Waals surface area contributed by atoms with Crippen LogP contribution in [0.25, 0.3) is 5.82 Å². The van der Waals surface area contributed by atoms with Gasteiger partial charge in [-0.15, -0.1) is 10.2 Å². The molecule has 3 rings (SSSR count). The van der Waals surface area contributed by atoms with Gasteiger partial charge in [-0.05, 0) is 56.2 Å². The molecule has 146 valence electrons. The molecule has 2 amide bonds. The van der Waals surface area contributed by atoms with E-state index in [2.05, 4.69) is 38.2 Å². The second-order valence-corrected chi connectivity index (χ2v) is 6.48. The van der Waals surface area contributed by atoms with E-state index in [0.29, 0.717) is 24.7 Å². The minimum atomic E-state index is -0.235. The van der Waals surface area contributed by atoms with Gasteiger partial charge in [0.15, 0.2) is 5.82 Å². The first kappa shape index (κ1) is 19.3. The van der Waals surface area contributed by atoms with Crippen LogP contribution in [0, 0.1) is 13.8 Å². The van der Waals surface area contributed by atoms with Crippen LogP contribution >= 0.6 is 0 Å². The van der Waals surface area contributed by atoms with E-state index < -0.39 is 0 Å². The fraction of sp³-hybridized carbons (Fsp3) is 0.300. The van der Waals surface area contributed by atoms with Crippen molar-refractivity contribution in [2.24, 2.45) is 0 Å². The van der Waals surface area contributed by atoms with E-state index in [9.17, 15) is 4.79 Å². The molecule has 8 nitrogen and oxygen atoms in total. The molecule has 2 heterocycles. The van der Waals surface area contributed by atoms with Gasteiger partial charge in [-0.1, -0.05) is 19.1 Å². The van der Waals surface area contributed by atoms with E-state index in [1.807, 2.05) is 56.3 Å². The van der Waals surface area contributed by atoms with Crippen molar-refractivity contribution >= 4 is 17.5 Å². The maximum Gasteiger partial charge on any atom is 0.319 e. The number of carbonyl (C=O) groups excluding carboxylic acids is 1. The Bertz CT molecular complexity index is 934. The smallest absolute Gasteiger partial charge is 0.319 e. The number of benzene rings is 1. The molecule has 1 aromatic carbocycles. The molecule has 0 radical (unpaired) electrons. The molecule has 0 atom stereocenters. The maximum absolute atomic E-state index is 12.0. The lowest BCUT2D eigenvalue weighted by molar-refractivity contribution is 0.252. The summed E-state index contributed by atoms with van der Waals surface area (Å²) in [7, 11) is 0. The lowest BCUT2D eigenvalue weighted by atomic mass is 10.1. The molecule has 0 aliphatic carbocycles. The topological polar surface area (TPSA) is 96.8 Å². The van der Waals surface area contributed by atoms with Crippen LogP contribution in [-0.2, 0) is 6.42 Å². The highest BCUT2D eigenvalue weighted by atomic mass is 16.2. The van der Waals surface area contributed by atoms with Crippen LogP contribution in [0.5, 0.6) is 0 Å². The molecule has 3 N–H and O–H groups in total. The number of hydrogen-bond acceptors (Lipinski definition) is 5. The Kier molecular flexibility index (Phi) is 6.21. The van der Waals surface area contributed by atoms with E-state index in [0.717, 1.165) is 23.5 Å². The fourth-order valence-corrected chi connectivity index (χ4v) is 2.80. The number of rotatable bonds is 7.